The Labute approximate surface area is 148 Å². The Kier molecular flexibility index (Phi) is 2.65. The second-order valence-corrected chi connectivity index (χ2v) is 6.06. The number of rotatable bonds is 1. The Morgan fingerprint density at radius 2 is 2.08 bits per heavy atom. The van der Waals surface area contributed by atoms with Gasteiger partial charge in [0.25, 0.3) is 0 Å². The molecular formula is C21H16FN2O+. The summed E-state index contributed by atoms with van der Waals surface area (Å²) in [6, 6.07) is 12.4. The van der Waals surface area contributed by atoms with Crippen LogP contribution in [0.4, 0.5) is 4.39 Å². The molecule has 0 radical (unpaired) electrons. The summed E-state index contributed by atoms with van der Waals surface area (Å²) in [6.07, 6.45) is 1.29. The highest BCUT2D eigenvalue weighted by atomic mass is 19.1. The zero-order valence-corrected chi connectivity index (χ0v) is 13.7. The molecule has 122 valence electrons. The topological polar surface area (TPSA) is 40.8 Å². The van der Waals surface area contributed by atoms with Crippen molar-refractivity contribution in [3.8, 4) is 17.3 Å². The summed E-state index contributed by atoms with van der Waals surface area (Å²) in [6.45, 7) is -0.661. The number of hydrogen-bond donors (Lipinski definition) is 0. The first-order valence-corrected chi connectivity index (χ1v) is 7.77. The van der Waals surface area contributed by atoms with Gasteiger partial charge in [0.15, 0.2) is 6.20 Å². The highest BCUT2D eigenvalue weighted by molar-refractivity contribution is 6.11. The average molecular weight is 334 g/mol. The molecule has 0 aliphatic rings. The Morgan fingerprint density at radius 3 is 2.84 bits per heavy atom. The molecule has 0 atom stereocenters. The molecule has 0 amide bonds. The van der Waals surface area contributed by atoms with Crippen molar-refractivity contribution >= 4 is 21.9 Å². The van der Waals surface area contributed by atoms with Crippen molar-refractivity contribution < 1.29 is 17.5 Å². The first-order chi connectivity index (χ1) is 13.2. The molecule has 0 aliphatic carbocycles. The molecule has 4 heteroatoms. The molecule has 0 bridgehead atoms. The van der Waals surface area contributed by atoms with E-state index in [0.717, 1.165) is 10.9 Å². The minimum atomic E-state index is -2.54. The Hall–Kier alpha value is -3.19. The second-order valence-electron chi connectivity index (χ2n) is 6.06. The van der Waals surface area contributed by atoms with Crippen molar-refractivity contribution in [1.29, 1.82) is 5.26 Å². The van der Waals surface area contributed by atoms with Gasteiger partial charge in [-0.15, -0.1) is 0 Å². The van der Waals surface area contributed by atoms with E-state index in [1.807, 2.05) is 19.1 Å². The summed E-state index contributed by atoms with van der Waals surface area (Å²) >= 11 is 0. The molecule has 4 aromatic rings. The minimum absolute atomic E-state index is 0.333. The highest BCUT2D eigenvalue weighted by Gasteiger charge is 2.23. The monoisotopic (exact) mass is 334 g/mol. The van der Waals surface area contributed by atoms with Crippen molar-refractivity contribution in [2.24, 2.45) is 7.05 Å². The maximum Gasteiger partial charge on any atom is 0.219 e. The van der Waals surface area contributed by atoms with Gasteiger partial charge in [-0.25, -0.2) is 8.96 Å². The van der Waals surface area contributed by atoms with E-state index in [2.05, 4.69) is 6.07 Å². The van der Waals surface area contributed by atoms with Crippen LogP contribution in [0, 0.1) is 30.9 Å². The van der Waals surface area contributed by atoms with Gasteiger partial charge in [-0.3, -0.25) is 0 Å². The van der Waals surface area contributed by atoms with Crippen LogP contribution in [0.25, 0.3) is 33.2 Å². The Morgan fingerprint density at radius 1 is 1.24 bits per heavy atom. The molecule has 0 saturated carbocycles. The smallest absolute Gasteiger partial charge is 0.219 e. The van der Waals surface area contributed by atoms with Gasteiger partial charge in [0.2, 0.25) is 5.69 Å². The molecule has 3 nitrogen and oxygen atoms in total. The van der Waals surface area contributed by atoms with Gasteiger partial charge in [0.05, 0.1) is 17.2 Å². The van der Waals surface area contributed by atoms with E-state index in [1.165, 1.54) is 12.3 Å². The molecule has 0 fully saturated rings. The number of nitriles is 1. The number of furan rings is 1. The largest absolute Gasteiger partial charge is 0.455 e. The van der Waals surface area contributed by atoms with Crippen LogP contribution in [-0.4, -0.2) is 0 Å². The van der Waals surface area contributed by atoms with Crippen molar-refractivity contribution in [2.75, 3.05) is 0 Å². The van der Waals surface area contributed by atoms with Crippen LogP contribution in [-0.2, 0) is 7.05 Å². The first kappa shape index (κ1) is 12.2. The second kappa shape index (κ2) is 5.42. The molecular weight excluding hydrogens is 315 g/mol. The number of nitrogens with zero attached hydrogens (tertiary/aromatic N) is 2. The lowest BCUT2D eigenvalue weighted by Gasteiger charge is -2.06. The number of halogens is 1. The van der Waals surface area contributed by atoms with Crippen molar-refractivity contribution in [2.45, 2.75) is 13.8 Å². The third-order valence-electron chi connectivity index (χ3n) is 4.47. The van der Waals surface area contributed by atoms with Crippen LogP contribution >= 0.6 is 0 Å². The minimum Gasteiger partial charge on any atom is -0.455 e. The van der Waals surface area contributed by atoms with E-state index < -0.39 is 12.7 Å². The zero-order valence-electron chi connectivity index (χ0n) is 16.7. The predicted octanol–water partition coefficient (Wildman–Crippen LogP) is 4.71. The maximum absolute atomic E-state index is 14.6. The van der Waals surface area contributed by atoms with Gasteiger partial charge in [-0.05, 0) is 31.5 Å². The molecule has 2 aromatic carbocycles. The third-order valence-corrected chi connectivity index (χ3v) is 4.47. The van der Waals surface area contributed by atoms with Gasteiger partial charge in [0, 0.05) is 26.5 Å². The lowest BCUT2D eigenvalue weighted by Crippen LogP contribution is -2.31. The van der Waals surface area contributed by atoms with E-state index in [1.54, 1.807) is 29.8 Å². The maximum atomic E-state index is 14.6. The Balaban J connectivity index is 2.09. The van der Waals surface area contributed by atoms with Crippen LogP contribution in [0.5, 0.6) is 0 Å². The van der Waals surface area contributed by atoms with Gasteiger partial charge in [-0.1, -0.05) is 18.2 Å². The molecule has 0 spiro atoms. The molecule has 0 N–H and O–H groups in total. The van der Waals surface area contributed by atoms with E-state index in [-0.39, 0.29) is 5.56 Å². The van der Waals surface area contributed by atoms with Gasteiger partial charge in [-0.2, -0.15) is 5.26 Å². The van der Waals surface area contributed by atoms with Gasteiger partial charge in [0.1, 0.15) is 24.0 Å². The van der Waals surface area contributed by atoms with Crippen LogP contribution in [0.2, 0.25) is 0 Å². The zero-order chi connectivity index (χ0) is 20.2. The number of pyridine rings is 1. The first-order valence-electron chi connectivity index (χ1n) is 9.27. The molecule has 4 rings (SSSR count). The van der Waals surface area contributed by atoms with Crippen molar-refractivity contribution in [3.63, 3.8) is 0 Å². The summed E-state index contributed by atoms with van der Waals surface area (Å²) in [5.74, 6) is -0.793. The molecule has 25 heavy (non-hydrogen) atoms. The van der Waals surface area contributed by atoms with E-state index in [0.29, 0.717) is 33.4 Å². The number of aryl methyl sites for hydroxylation is 3. The summed E-state index contributed by atoms with van der Waals surface area (Å²) in [4.78, 5) is 0. The highest BCUT2D eigenvalue weighted by Crippen LogP contribution is 2.38. The van der Waals surface area contributed by atoms with Crippen molar-refractivity contribution in [3.05, 3.63) is 65.1 Å². The average Bonchev–Trinajstić information content (AvgIpc) is 3.01. The van der Waals surface area contributed by atoms with Crippen LogP contribution in [0.1, 0.15) is 20.8 Å². The Bertz CT molecular complexity index is 1300. The summed E-state index contributed by atoms with van der Waals surface area (Å²) in [7, 11) is 1.67. The fourth-order valence-corrected chi connectivity index (χ4v) is 3.27. The molecule has 2 heterocycles. The standard InChI is InChI=1S/C21H16FN2O/c1-12-7-8-15-20-14(10-23)5-4-6-18(20)25-21(15)19(12)17-9-16(22)13(2)11-24(17)3/h4-9,11H,1-3H3/q+1/i2D3. The lowest BCUT2D eigenvalue weighted by molar-refractivity contribution is -0.661. The number of benzene rings is 2. The predicted molar refractivity (Wildman–Crippen MR) is 94.5 cm³/mol. The summed E-state index contributed by atoms with van der Waals surface area (Å²) < 4.78 is 44.8. The number of hydrogen-bond acceptors (Lipinski definition) is 2. The fraction of sp³-hybridized carbons (Fsp3) is 0.143. The number of fused-ring (bicyclic) bond motifs is 3. The molecule has 0 aliphatic heterocycles. The van der Waals surface area contributed by atoms with E-state index in [9.17, 15) is 9.65 Å². The quantitative estimate of drug-likeness (QED) is 0.473. The molecule has 2 aromatic heterocycles. The summed E-state index contributed by atoms with van der Waals surface area (Å²) in [5.41, 5.74) is 3.28. The van der Waals surface area contributed by atoms with Crippen LogP contribution in [0.3, 0.4) is 0 Å². The SMILES string of the molecule is [2H]C([2H])([2H])c1c[n+](C)c(-c2c(C)ccc3c2oc2cccc(C#N)c23)cc1F. The van der Waals surface area contributed by atoms with E-state index in [4.69, 9.17) is 8.53 Å². The third kappa shape index (κ3) is 2.20. The van der Waals surface area contributed by atoms with Crippen molar-refractivity contribution in [1.82, 2.24) is 0 Å². The lowest BCUT2D eigenvalue weighted by atomic mass is 9.99. The molecule has 0 unspecified atom stereocenters. The summed E-state index contributed by atoms with van der Waals surface area (Å²) in [5, 5.41) is 10.9. The fourth-order valence-electron chi connectivity index (χ4n) is 3.27. The number of aromatic nitrogens is 1. The van der Waals surface area contributed by atoms with Gasteiger partial charge >= 0.3 is 0 Å². The van der Waals surface area contributed by atoms with Crippen LogP contribution in [0.15, 0.2) is 47.0 Å². The van der Waals surface area contributed by atoms with E-state index >= 15 is 0 Å². The van der Waals surface area contributed by atoms with Gasteiger partial charge < -0.3 is 4.42 Å². The normalized spacial score (nSPS) is 13.4. The molecule has 0 saturated heterocycles. The van der Waals surface area contributed by atoms with Crippen LogP contribution < -0.4 is 4.57 Å².